The largest absolute Gasteiger partial charge is 0.491 e. The van der Waals surface area contributed by atoms with Crippen LogP contribution in [0.3, 0.4) is 0 Å². The van der Waals surface area contributed by atoms with Gasteiger partial charge in [0.15, 0.2) is 0 Å². The lowest BCUT2D eigenvalue weighted by Gasteiger charge is -2.31. The smallest absolute Gasteiger partial charge is 0.228 e. The van der Waals surface area contributed by atoms with Crippen molar-refractivity contribution in [3.8, 4) is 5.75 Å². The number of carbonyl (C=O) groups excluding carboxylic acids is 1. The van der Waals surface area contributed by atoms with Gasteiger partial charge in [-0.05, 0) is 37.0 Å². The molecule has 1 aliphatic heterocycles. The van der Waals surface area contributed by atoms with Crippen molar-refractivity contribution in [2.24, 2.45) is 11.3 Å². The zero-order valence-corrected chi connectivity index (χ0v) is 12.0. The number of amides is 1. The topological polar surface area (TPSA) is 29.5 Å². The summed E-state index contributed by atoms with van der Waals surface area (Å²) >= 11 is 0. The molecule has 0 radical (unpaired) electrons. The molecule has 1 amide bonds. The molecule has 1 saturated carbocycles. The molecule has 0 N–H and O–H groups in total. The summed E-state index contributed by atoms with van der Waals surface area (Å²) < 4.78 is 19.0. The highest BCUT2D eigenvalue weighted by molar-refractivity contribution is 5.82. The molecule has 0 atom stereocenters. The summed E-state index contributed by atoms with van der Waals surface area (Å²) in [6, 6.07) is 4.50. The Morgan fingerprint density at radius 3 is 2.85 bits per heavy atom. The van der Waals surface area contributed by atoms with Gasteiger partial charge in [0.1, 0.15) is 18.2 Å². The lowest BCUT2D eigenvalue weighted by molar-refractivity contribution is -0.142. The standard InChI is InChI=1S/C16H20FNO2/c1-16(2,12-3-4-12)15(19)18-7-8-20-14-6-5-13(17)9-11(14)10-18/h5-6,9,12H,3-4,7-8,10H2,1-2H3. The van der Waals surface area contributed by atoms with Crippen LogP contribution in [-0.4, -0.2) is 24.0 Å². The lowest BCUT2D eigenvalue weighted by atomic mass is 9.85. The van der Waals surface area contributed by atoms with Gasteiger partial charge in [-0.1, -0.05) is 13.8 Å². The maximum absolute atomic E-state index is 13.4. The molecule has 3 nitrogen and oxygen atoms in total. The SMILES string of the molecule is CC(C)(C(=O)N1CCOc2ccc(F)cc2C1)C1CC1. The first kappa shape index (κ1) is 13.4. The predicted octanol–water partition coefficient (Wildman–Crippen LogP) is 2.98. The molecule has 4 heteroatoms. The number of carbonyl (C=O) groups is 1. The van der Waals surface area contributed by atoms with Crippen molar-refractivity contribution in [3.63, 3.8) is 0 Å². The van der Waals surface area contributed by atoms with Crippen molar-refractivity contribution < 1.29 is 13.9 Å². The number of halogens is 1. The molecule has 1 aromatic rings. The Labute approximate surface area is 118 Å². The van der Waals surface area contributed by atoms with Crippen molar-refractivity contribution in [1.82, 2.24) is 4.90 Å². The van der Waals surface area contributed by atoms with E-state index in [9.17, 15) is 9.18 Å². The molecule has 1 aliphatic carbocycles. The molecule has 1 heterocycles. The molecule has 0 spiro atoms. The van der Waals surface area contributed by atoms with E-state index in [0.717, 1.165) is 18.4 Å². The van der Waals surface area contributed by atoms with Crippen molar-refractivity contribution in [1.29, 1.82) is 0 Å². The summed E-state index contributed by atoms with van der Waals surface area (Å²) in [6.45, 7) is 5.49. The van der Waals surface area contributed by atoms with Gasteiger partial charge in [-0.3, -0.25) is 4.79 Å². The molecular weight excluding hydrogens is 257 g/mol. The fourth-order valence-electron chi connectivity index (χ4n) is 2.92. The summed E-state index contributed by atoms with van der Waals surface area (Å²) in [5.74, 6) is 1.04. The fraction of sp³-hybridized carbons (Fsp3) is 0.562. The predicted molar refractivity (Wildman–Crippen MR) is 73.8 cm³/mol. The minimum Gasteiger partial charge on any atom is -0.491 e. The van der Waals surface area contributed by atoms with Crippen LogP contribution in [0.2, 0.25) is 0 Å². The Bertz CT molecular complexity index is 537. The number of hydrogen-bond donors (Lipinski definition) is 0. The van der Waals surface area contributed by atoms with Crippen LogP contribution in [0.5, 0.6) is 5.75 Å². The number of ether oxygens (including phenoxy) is 1. The van der Waals surface area contributed by atoms with Crippen molar-refractivity contribution in [2.45, 2.75) is 33.2 Å². The minimum atomic E-state index is -0.322. The first-order valence-corrected chi connectivity index (χ1v) is 7.19. The van der Waals surface area contributed by atoms with E-state index in [0.29, 0.717) is 31.4 Å². The Morgan fingerprint density at radius 1 is 1.40 bits per heavy atom. The van der Waals surface area contributed by atoms with Gasteiger partial charge in [0.25, 0.3) is 0 Å². The quantitative estimate of drug-likeness (QED) is 0.831. The van der Waals surface area contributed by atoms with Gasteiger partial charge >= 0.3 is 0 Å². The molecule has 3 rings (SSSR count). The van der Waals surface area contributed by atoms with Crippen LogP contribution in [0, 0.1) is 17.2 Å². The van der Waals surface area contributed by atoms with Crippen LogP contribution in [0.25, 0.3) is 0 Å². The van der Waals surface area contributed by atoms with Crippen LogP contribution < -0.4 is 4.74 Å². The van der Waals surface area contributed by atoms with E-state index in [4.69, 9.17) is 4.74 Å². The van der Waals surface area contributed by atoms with Gasteiger partial charge in [0.2, 0.25) is 5.91 Å². The Hall–Kier alpha value is -1.58. The number of benzene rings is 1. The number of nitrogens with zero attached hydrogens (tertiary/aromatic N) is 1. The molecule has 0 bridgehead atoms. The average Bonchev–Trinajstić information content (AvgIpc) is 3.23. The summed E-state index contributed by atoms with van der Waals surface area (Å²) in [5, 5.41) is 0. The third-order valence-electron chi connectivity index (χ3n) is 4.44. The molecule has 1 aromatic carbocycles. The van der Waals surface area contributed by atoms with Crippen LogP contribution in [-0.2, 0) is 11.3 Å². The van der Waals surface area contributed by atoms with Crippen LogP contribution >= 0.6 is 0 Å². The molecule has 2 aliphatic rings. The Morgan fingerprint density at radius 2 is 2.15 bits per heavy atom. The van der Waals surface area contributed by atoms with E-state index in [1.54, 1.807) is 6.07 Å². The van der Waals surface area contributed by atoms with E-state index < -0.39 is 0 Å². The van der Waals surface area contributed by atoms with Crippen molar-refractivity contribution >= 4 is 5.91 Å². The number of rotatable bonds is 2. The first-order chi connectivity index (χ1) is 9.48. The number of hydrogen-bond acceptors (Lipinski definition) is 2. The van der Waals surface area contributed by atoms with E-state index in [1.165, 1.54) is 12.1 Å². The van der Waals surface area contributed by atoms with Crippen LogP contribution in [0.1, 0.15) is 32.3 Å². The van der Waals surface area contributed by atoms with E-state index in [-0.39, 0.29) is 17.1 Å². The minimum absolute atomic E-state index is 0.153. The Balaban J connectivity index is 1.83. The lowest BCUT2D eigenvalue weighted by Crippen LogP contribution is -2.42. The van der Waals surface area contributed by atoms with Crippen LogP contribution in [0.4, 0.5) is 4.39 Å². The van der Waals surface area contributed by atoms with Gasteiger partial charge in [-0.2, -0.15) is 0 Å². The second-order valence-electron chi connectivity index (χ2n) is 6.32. The zero-order chi connectivity index (χ0) is 14.3. The summed E-state index contributed by atoms with van der Waals surface area (Å²) in [7, 11) is 0. The highest BCUT2D eigenvalue weighted by Crippen LogP contribution is 2.46. The molecule has 0 saturated heterocycles. The summed E-state index contributed by atoms with van der Waals surface area (Å²) in [6.07, 6.45) is 2.27. The van der Waals surface area contributed by atoms with Gasteiger partial charge in [0, 0.05) is 17.5 Å². The molecule has 20 heavy (non-hydrogen) atoms. The average molecular weight is 277 g/mol. The highest BCUT2D eigenvalue weighted by Gasteiger charge is 2.45. The monoisotopic (exact) mass is 277 g/mol. The third kappa shape index (κ3) is 2.39. The molecule has 1 fully saturated rings. The molecule has 0 unspecified atom stereocenters. The van der Waals surface area contributed by atoms with E-state index >= 15 is 0 Å². The second kappa shape index (κ2) is 4.76. The van der Waals surface area contributed by atoms with Gasteiger partial charge in [-0.25, -0.2) is 4.39 Å². The maximum Gasteiger partial charge on any atom is 0.228 e. The molecular formula is C16H20FNO2. The highest BCUT2D eigenvalue weighted by atomic mass is 19.1. The van der Waals surface area contributed by atoms with Crippen molar-refractivity contribution in [3.05, 3.63) is 29.6 Å². The molecule has 0 aromatic heterocycles. The van der Waals surface area contributed by atoms with Crippen molar-refractivity contribution in [2.75, 3.05) is 13.2 Å². The second-order valence-corrected chi connectivity index (χ2v) is 6.32. The zero-order valence-electron chi connectivity index (χ0n) is 12.0. The summed E-state index contributed by atoms with van der Waals surface area (Å²) in [5.41, 5.74) is 0.431. The van der Waals surface area contributed by atoms with Gasteiger partial charge < -0.3 is 9.64 Å². The first-order valence-electron chi connectivity index (χ1n) is 7.19. The normalized spacial score (nSPS) is 19.1. The van der Waals surface area contributed by atoms with Gasteiger partial charge in [-0.15, -0.1) is 0 Å². The van der Waals surface area contributed by atoms with Crippen LogP contribution in [0.15, 0.2) is 18.2 Å². The van der Waals surface area contributed by atoms with Gasteiger partial charge in [0.05, 0.1) is 6.54 Å². The number of fused-ring (bicyclic) bond motifs is 1. The third-order valence-corrected chi connectivity index (χ3v) is 4.44. The fourth-order valence-corrected chi connectivity index (χ4v) is 2.92. The Kier molecular flexibility index (Phi) is 3.19. The maximum atomic E-state index is 13.4. The van der Waals surface area contributed by atoms with E-state index in [1.807, 2.05) is 18.7 Å². The summed E-state index contributed by atoms with van der Waals surface area (Å²) in [4.78, 5) is 14.5. The van der Waals surface area contributed by atoms with E-state index in [2.05, 4.69) is 0 Å². The molecule has 108 valence electrons.